The highest BCUT2D eigenvalue weighted by molar-refractivity contribution is 6.09. The Hall–Kier alpha value is -4.00. The number of nitro groups is 1. The Kier molecular flexibility index (Phi) is 5.99. The molecule has 0 aliphatic rings. The molecule has 7 nitrogen and oxygen atoms in total. The minimum atomic E-state index is -0.898. The Balaban J connectivity index is 1.65. The summed E-state index contributed by atoms with van der Waals surface area (Å²) in [4.78, 5) is 35.2. The molecular formula is C22H18N2O5. The summed E-state index contributed by atoms with van der Waals surface area (Å²) in [6.07, 6.45) is -0.898. The average Bonchev–Trinajstić information content (AvgIpc) is 2.74. The number of ether oxygens (including phenoxy) is 1. The van der Waals surface area contributed by atoms with E-state index >= 15 is 0 Å². The van der Waals surface area contributed by atoms with Crippen LogP contribution in [0.5, 0.6) is 5.75 Å². The van der Waals surface area contributed by atoms with Crippen LogP contribution < -0.4 is 10.1 Å². The van der Waals surface area contributed by atoms with Gasteiger partial charge in [0.1, 0.15) is 11.4 Å². The maximum Gasteiger partial charge on any atom is 0.292 e. The van der Waals surface area contributed by atoms with Crippen molar-refractivity contribution in [2.75, 3.05) is 5.32 Å². The molecule has 0 fully saturated rings. The van der Waals surface area contributed by atoms with E-state index in [9.17, 15) is 19.7 Å². The predicted molar refractivity (Wildman–Crippen MR) is 108 cm³/mol. The number of hydrogen-bond donors (Lipinski definition) is 1. The molecule has 29 heavy (non-hydrogen) atoms. The van der Waals surface area contributed by atoms with Crippen molar-refractivity contribution in [3.05, 3.63) is 100 Å². The number of carbonyl (C=O) groups excluding carboxylic acids is 2. The summed E-state index contributed by atoms with van der Waals surface area (Å²) in [5.41, 5.74) is 0.984. The van der Waals surface area contributed by atoms with Gasteiger partial charge in [-0.1, -0.05) is 42.5 Å². The van der Waals surface area contributed by atoms with Gasteiger partial charge < -0.3 is 10.1 Å². The summed E-state index contributed by atoms with van der Waals surface area (Å²) in [7, 11) is 0. The minimum Gasteiger partial charge on any atom is -0.481 e. The van der Waals surface area contributed by atoms with Gasteiger partial charge in [-0.05, 0) is 37.3 Å². The van der Waals surface area contributed by atoms with Crippen molar-refractivity contribution >= 4 is 23.1 Å². The van der Waals surface area contributed by atoms with Gasteiger partial charge in [-0.25, -0.2) is 0 Å². The monoisotopic (exact) mass is 390 g/mol. The van der Waals surface area contributed by atoms with Crippen LogP contribution in [0.4, 0.5) is 11.4 Å². The lowest BCUT2D eigenvalue weighted by molar-refractivity contribution is -0.383. The van der Waals surface area contributed by atoms with Gasteiger partial charge in [-0.15, -0.1) is 0 Å². The second kappa shape index (κ2) is 8.79. The first-order chi connectivity index (χ1) is 14.0. The van der Waals surface area contributed by atoms with Crippen LogP contribution in [0.25, 0.3) is 0 Å². The summed E-state index contributed by atoms with van der Waals surface area (Å²) in [6, 6.07) is 21.2. The number of rotatable bonds is 7. The van der Waals surface area contributed by atoms with E-state index in [4.69, 9.17) is 4.74 Å². The minimum absolute atomic E-state index is 0.0988. The quantitative estimate of drug-likeness (QED) is 0.370. The van der Waals surface area contributed by atoms with E-state index in [2.05, 4.69) is 5.32 Å². The highest BCUT2D eigenvalue weighted by Crippen LogP contribution is 2.24. The fourth-order valence-electron chi connectivity index (χ4n) is 2.67. The Morgan fingerprint density at radius 1 is 0.897 bits per heavy atom. The van der Waals surface area contributed by atoms with E-state index in [-0.39, 0.29) is 17.2 Å². The molecular weight excluding hydrogens is 372 g/mol. The molecule has 1 amide bonds. The Morgan fingerprint density at radius 3 is 2.14 bits per heavy atom. The van der Waals surface area contributed by atoms with Gasteiger partial charge in [0.25, 0.3) is 11.6 Å². The fourth-order valence-corrected chi connectivity index (χ4v) is 2.67. The van der Waals surface area contributed by atoms with Crippen molar-refractivity contribution in [2.24, 2.45) is 0 Å². The smallest absolute Gasteiger partial charge is 0.292 e. The first kappa shape index (κ1) is 19.8. The number of benzene rings is 3. The van der Waals surface area contributed by atoms with Crippen LogP contribution in [0.3, 0.4) is 0 Å². The van der Waals surface area contributed by atoms with Crippen LogP contribution in [0.2, 0.25) is 0 Å². The molecule has 0 aliphatic carbocycles. The lowest BCUT2D eigenvalue weighted by atomic mass is 10.0. The summed E-state index contributed by atoms with van der Waals surface area (Å²) in [5, 5.41) is 13.6. The van der Waals surface area contributed by atoms with Crippen LogP contribution in [-0.4, -0.2) is 22.7 Å². The van der Waals surface area contributed by atoms with Crippen molar-refractivity contribution < 1.29 is 19.2 Å². The van der Waals surface area contributed by atoms with Gasteiger partial charge in [0, 0.05) is 17.2 Å². The highest BCUT2D eigenvalue weighted by atomic mass is 16.6. The molecule has 3 aromatic rings. The molecule has 0 heterocycles. The van der Waals surface area contributed by atoms with Crippen molar-refractivity contribution in [3.63, 3.8) is 0 Å². The molecule has 3 rings (SSSR count). The van der Waals surface area contributed by atoms with Crippen molar-refractivity contribution in [3.8, 4) is 5.75 Å². The zero-order valence-electron chi connectivity index (χ0n) is 15.6. The van der Waals surface area contributed by atoms with Crippen molar-refractivity contribution in [1.82, 2.24) is 0 Å². The number of hydrogen-bond acceptors (Lipinski definition) is 5. The Labute approximate surface area is 167 Å². The molecule has 146 valence electrons. The first-order valence-corrected chi connectivity index (χ1v) is 8.86. The van der Waals surface area contributed by atoms with E-state index in [1.54, 1.807) is 54.6 Å². The van der Waals surface area contributed by atoms with E-state index in [1.165, 1.54) is 25.1 Å². The first-order valence-electron chi connectivity index (χ1n) is 8.86. The number of anilines is 1. The van der Waals surface area contributed by atoms with Gasteiger partial charge in [0.05, 0.1) is 4.92 Å². The lowest BCUT2D eigenvalue weighted by Gasteiger charge is -2.15. The van der Waals surface area contributed by atoms with Gasteiger partial charge in [-0.3, -0.25) is 19.7 Å². The van der Waals surface area contributed by atoms with Crippen LogP contribution >= 0.6 is 0 Å². The summed E-state index contributed by atoms with van der Waals surface area (Å²) < 4.78 is 5.60. The van der Waals surface area contributed by atoms with Gasteiger partial charge in [-0.2, -0.15) is 0 Å². The largest absolute Gasteiger partial charge is 0.481 e. The molecule has 0 saturated heterocycles. The normalized spacial score (nSPS) is 11.3. The van der Waals surface area contributed by atoms with E-state index < -0.39 is 16.9 Å². The average molecular weight is 390 g/mol. The van der Waals surface area contributed by atoms with Crippen LogP contribution in [-0.2, 0) is 4.79 Å². The molecule has 0 aromatic heterocycles. The topological polar surface area (TPSA) is 98.5 Å². The third-order valence-corrected chi connectivity index (χ3v) is 4.19. The number of nitrogens with zero attached hydrogens (tertiary/aromatic N) is 1. The third kappa shape index (κ3) is 4.84. The van der Waals surface area contributed by atoms with Crippen LogP contribution in [0.1, 0.15) is 22.8 Å². The summed E-state index contributed by atoms with van der Waals surface area (Å²) in [5.74, 6) is -0.233. The zero-order chi connectivity index (χ0) is 20.8. The number of amides is 1. The second-order valence-corrected chi connectivity index (χ2v) is 6.24. The molecule has 7 heteroatoms. The fraction of sp³-hybridized carbons (Fsp3) is 0.0909. The molecule has 0 saturated carbocycles. The second-order valence-electron chi connectivity index (χ2n) is 6.24. The SMILES string of the molecule is C[C@H](Oc1ccc(C(=O)c2ccccc2)cc1)C(=O)Nc1ccccc1[N+](=O)[O-]. The molecule has 3 aromatic carbocycles. The Bertz CT molecular complexity index is 1030. The van der Waals surface area contributed by atoms with Gasteiger partial charge in [0.2, 0.25) is 0 Å². The molecule has 0 bridgehead atoms. The van der Waals surface area contributed by atoms with Gasteiger partial charge in [0.15, 0.2) is 11.9 Å². The number of nitro benzene ring substituents is 1. The van der Waals surface area contributed by atoms with E-state index in [1.807, 2.05) is 6.07 Å². The standard InChI is InChI=1S/C22H18N2O5/c1-15(22(26)23-19-9-5-6-10-20(19)24(27)28)29-18-13-11-17(12-14-18)21(25)16-7-3-2-4-8-16/h2-15H,1H3,(H,23,26)/t15-/m0/s1. The van der Waals surface area contributed by atoms with Gasteiger partial charge >= 0.3 is 0 Å². The van der Waals surface area contributed by atoms with E-state index in [0.717, 1.165) is 0 Å². The maximum atomic E-state index is 12.4. The van der Waals surface area contributed by atoms with E-state index in [0.29, 0.717) is 16.9 Å². The number of carbonyl (C=O) groups is 2. The summed E-state index contributed by atoms with van der Waals surface area (Å²) in [6.45, 7) is 1.53. The van der Waals surface area contributed by atoms with Crippen LogP contribution in [0, 0.1) is 10.1 Å². The molecule has 0 radical (unpaired) electrons. The Morgan fingerprint density at radius 2 is 1.48 bits per heavy atom. The van der Waals surface area contributed by atoms with Crippen LogP contribution in [0.15, 0.2) is 78.9 Å². The maximum absolute atomic E-state index is 12.4. The highest BCUT2D eigenvalue weighted by Gasteiger charge is 2.20. The molecule has 0 spiro atoms. The molecule has 0 unspecified atom stereocenters. The number of para-hydroxylation sites is 2. The number of nitrogens with one attached hydrogen (secondary N) is 1. The summed E-state index contributed by atoms with van der Waals surface area (Å²) >= 11 is 0. The van der Waals surface area contributed by atoms with Crippen molar-refractivity contribution in [2.45, 2.75) is 13.0 Å². The molecule has 1 atom stereocenters. The third-order valence-electron chi connectivity index (χ3n) is 4.19. The molecule has 1 N–H and O–H groups in total. The number of ketones is 1. The predicted octanol–water partition coefficient (Wildman–Crippen LogP) is 4.23. The molecule has 0 aliphatic heterocycles. The van der Waals surface area contributed by atoms with Crippen molar-refractivity contribution in [1.29, 1.82) is 0 Å². The zero-order valence-corrected chi connectivity index (χ0v) is 15.6. The lowest BCUT2D eigenvalue weighted by Crippen LogP contribution is -2.30.